The van der Waals surface area contributed by atoms with Gasteiger partial charge in [-0.2, -0.15) is 0 Å². The fourth-order valence-corrected chi connectivity index (χ4v) is 2.06. The molecule has 2 N–H and O–H groups in total. The molecule has 5 heteroatoms. The fourth-order valence-electron chi connectivity index (χ4n) is 2.06. The lowest BCUT2D eigenvalue weighted by atomic mass is 9.90. The van der Waals surface area contributed by atoms with E-state index in [9.17, 15) is 4.79 Å². The van der Waals surface area contributed by atoms with Crippen molar-refractivity contribution in [2.75, 3.05) is 6.54 Å². The van der Waals surface area contributed by atoms with Crippen molar-refractivity contribution in [3.8, 4) is 0 Å². The normalized spacial score (nSPS) is 11.9. The molecule has 0 aromatic carbocycles. The number of rotatable bonds is 6. The Hall–Kier alpha value is -1.88. The minimum atomic E-state index is -0.760. The molecule has 20 heavy (non-hydrogen) atoms. The second kappa shape index (κ2) is 5.63. The van der Waals surface area contributed by atoms with Crippen LogP contribution < -0.4 is 5.32 Å². The summed E-state index contributed by atoms with van der Waals surface area (Å²) in [4.78, 5) is 15.4. The fraction of sp³-hybridized carbons (Fsp3) is 0.467. The van der Waals surface area contributed by atoms with E-state index in [4.69, 9.17) is 5.11 Å². The van der Waals surface area contributed by atoms with Gasteiger partial charge in [-0.25, -0.2) is 4.98 Å². The number of aryl methyl sites for hydroxylation is 1. The van der Waals surface area contributed by atoms with E-state index in [0.29, 0.717) is 19.5 Å². The average molecular weight is 275 g/mol. The Bertz CT molecular complexity index is 617. The van der Waals surface area contributed by atoms with Crippen molar-refractivity contribution in [3.05, 3.63) is 35.8 Å². The molecule has 0 bridgehead atoms. The first-order valence-corrected chi connectivity index (χ1v) is 6.77. The maximum atomic E-state index is 11.0. The zero-order valence-electron chi connectivity index (χ0n) is 12.2. The highest BCUT2D eigenvalue weighted by Crippen LogP contribution is 2.19. The van der Waals surface area contributed by atoms with Crippen molar-refractivity contribution >= 4 is 11.6 Å². The predicted octanol–water partition coefficient (Wildman–Crippen LogP) is 2.23. The van der Waals surface area contributed by atoms with E-state index < -0.39 is 11.4 Å². The van der Waals surface area contributed by atoms with E-state index in [-0.39, 0.29) is 0 Å². The smallest absolute Gasteiger partial charge is 0.309 e. The van der Waals surface area contributed by atoms with Crippen molar-refractivity contribution in [2.45, 2.75) is 33.7 Å². The van der Waals surface area contributed by atoms with Gasteiger partial charge in [-0.1, -0.05) is 6.07 Å². The number of imidazole rings is 1. The number of aliphatic carboxylic acids is 1. The number of carbonyl (C=O) groups is 1. The molecule has 2 aromatic rings. The van der Waals surface area contributed by atoms with Crippen molar-refractivity contribution in [1.29, 1.82) is 0 Å². The van der Waals surface area contributed by atoms with Gasteiger partial charge in [0.2, 0.25) is 0 Å². The Morgan fingerprint density at radius 1 is 1.50 bits per heavy atom. The number of aromatic nitrogens is 2. The molecular weight excluding hydrogens is 254 g/mol. The lowest BCUT2D eigenvalue weighted by Crippen LogP contribution is -2.29. The molecule has 2 aromatic heterocycles. The van der Waals surface area contributed by atoms with Crippen molar-refractivity contribution in [1.82, 2.24) is 14.7 Å². The van der Waals surface area contributed by atoms with E-state index in [1.165, 1.54) is 0 Å². The van der Waals surface area contributed by atoms with E-state index in [1.54, 1.807) is 13.8 Å². The van der Waals surface area contributed by atoms with Crippen molar-refractivity contribution in [2.24, 2.45) is 5.41 Å². The quantitative estimate of drug-likeness (QED) is 0.793. The number of carboxylic acid groups (broad SMARTS) is 1. The maximum absolute atomic E-state index is 11.0. The standard InChI is InChI=1S/C15H21N3O2/c1-11-5-4-8-18-12(10-17-13(11)18)9-16-7-6-15(2,3)14(19)20/h4-5,8,10,16H,6-7,9H2,1-3H3,(H,19,20). The maximum Gasteiger partial charge on any atom is 0.309 e. The highest BCUT2D eigenvalue weighted by Gasteiger charge is 2.26. The first-order chi connectivity index (χ1) is 9.42. The average Bonchev–Trinajstić information content (AvgIpc) is 2.79. The molecule has 0 saturated carbocycles. The number of nitrogens with zero attached hydrogens (tertiary/aromatic N) is 2. The van der Waals surface area contributed by atoms with Crippen LogP contribution in [0.25, 0.3) is 5.65 Å². The Balaban J connectivity index is 1.94. The highest BCUT2D eigenvalue weighted by atomic mass is 16.4. The third kappa shape index (κ3) is 2.99. The summed E-state index contributed by atoms with van der Waals surface area (Å²) in [5, 5.41) is 12.3. The number of fused-ring (bicyclic) bond motifs is 1. The van der Waals surface area contributed by atoms with Gasteiger partial charge in [0, 0.05) is 12.7 Å². The molecule has 0 saturated heterocycles. The molecule has 2 heterocycles. The summed E-state index contributed by atoms with van der Waals surface area (Å²) in [6.45, 7) is 6.87. The molecule has 108 valence electrons. The number of hydrogen-bond acceptors (Lipinski definition) is 3. The van der Waals surface area contributed by atoms with Gasteiger partial charge in [-0.15, -0.1) is 0 Å². The van der Waals surface area contributed by atoms with Crippen molar-refractivity contribution < 1.29 is 9.90 Å². The van der Waals surface area contributed by atoms with Gasteiger partial charge in [0.15, 0.2) is 0 Å². The van der Waals surface area contributed by atoms with Crippen LogP contribution in [0.1, 0.15) is 31.5 Å². The molecule has 0 aliphatic rings. The molecule has 0 radical (unpaired) electrons. The molecule has 0 unspecified atom stereocenters. The van der Waals surface area contributed by atoms with Gasteiger partial charge in [0.1, 0.15) is 5.65 Å². The third-order valence-electron chi connectivity index (χ3n) is 3.62. The number of pyridine rings is 1. The van der Waals surface area contributed by atoms with Crippen LogP contribution in [0.3, 0.4) is 0 Å². The summed E-state index contributed by atoms with van der Waals surface area (Å²) < 4.78 is 2.06. The van der Waals surface area contributed by atoms with Gasteiger partial charge in [0.05, 0.1) is 17.3 Å². The molecule has 0 atom stereocenters. The number of hydrogen-bond donors (Lipinski definition) is 2. The minimum Gasteiger partial charge on any atom is -0.481 e. The monoisotopic (exact) mass is 275 g/mol. The Morgan fingerprint density at radius 2 is 2.25 bits per heavy atom. The van der Waals surface area contributed by atoms with Crippen LogP contribution in [0.2, 0.25) is 0 Å². The molecule has 0 aliphatic carbocycles. The van der Waals surface area contributed by atoms with Gasteiger partial charge < -0.3 is 14.8 Å². The molecule has 0 amide bonds. The van der Waals surface area contributed by atoms with Crippen LogP contribution in [0.15, 0.2) is 24.5 Å². The summed E-state index contributed by atoms with van der Waals surface area (Å²) in [6, 6.07) is 4.04. The topological polar surface area (TPSA) is 66.6 Å². The van der Waals surface area contributed by atoms with Crippen LogP contribution in [0.4, 0.5) is 0 Å². The second-order valence-electron chi connectivity index (χ2n) is 5.75. The summed E-state index contributed by atoms with van der Waals surface area (Å²) in [5.74, 6) is -0.760. The third-order valence-corrected chi connectivity index (χ3v) is 3.62. The van der Waals surface area contributed by atoms with Crippen LogP contribution in [-0.4, -0.2) is 27.0 Å². The number of carboxylic acids is 1. The highest BCUT2D eigenvalue weighted by molar-refractivity contribution is 5.73. The van der Waals surface area contributed by atoms with Crippen LogP contribution in [-0.2, 0) is 11.3 Å². The van der Waals surface area contributed by atoms with E-state index in [0.717, 1.165) is 16.9 Å². The Kier molecular flexibility index (Phi) is 4.09. The summed E-state index contributed by atoms with van der Waals surface area (Å²) >= 11 is 0. The van der Waals surface area contributed by atoms with E-state index in [1.807, 2.05) is 31.5 Å². The number of nitrogens with one attached hydrogen (secondary N) is 1. The molecule has 0 fully saturated rings. The molecular formula is C15H21N3O2. The van der Waals surface area contributed by atoms with Gasteiger partial charge in [0.25, 0.3) is 0 Å². The zero-order chi connectivity index (χ0) is 14.8. The van der Waals surface area contributed by atoms with Gasteiger partial charge in [-0.3, -0.25) is 4.79 Å². The van der Waals surface area contributed by atoms with E-state index in [2.05, 4.69) is 14.7 Å². The summed E-state index contributed by atoms with van der Waals surface area (Å²) in [7, 11) is 0. The lowest BCUT2D eigenvalue weighted by molar-refractivity contribution is -0.147. The molecule has 0 aliphatic heterocycles. The van der Waals surface area contributed by atoms with E-state index >= 15 is 0 Å². The molecule has 2 rings (SSSR count). The molecule has 5 nitrogen and oxygen atoms in total. The Morgan fingerprint density at radius 3 is 2.95 bits per heavy atom. The summed E-state index contributed by atoms with van der Waals surface area (Å²) in [6.07, 6.45) is 4.45. The largest absolute Gasteiger partial charge is 0.481 e. The molecule has 0 spiro atoms. The van der Waals surface area contributed by atoms with Crippen molar-refractivity contribution in [3.63, 3.8) is 0 Å². The van der Waals surface area contributed by atoms with Crippen LogP contribution >= 0.6 is 0 Å². The van der Waals surface area contributed by atoms with Gasteiger partial charge >= 0.3 is 5.97 Å². The minimum absolute atomic E-state index is 0.595. The second-order valence-corrected chi connectivity index (χ2v) is 5.75. The van der Waals surface area contributed by atoms with Gasteiger partial charge in [-0.05, 0) is 45.4 Å². The SMILES string of the molecule is Cc1cccn2c(CNCCC(C)(C)C(=O)O)cnc12. The first kappa shape index (κ1) is 14.5. The zero-order valence-corrected chi connectivity index (χ0v) is 12.2. The summed E-state index contributed by atoms with van der Waals surface area (Å²) in [5.41, 5.74) is 2.50. The first-order valence-electron chi connectivity index (χ1n) is 6.77. The lowest BCUT2D eigenvalue weighted by Gasteiger charge is -2.18. The Labute approximate surface area is 118 Å². The van der Waals surface area contributed by atoms with Crippen LogP contribution in [0.5, 0.6) is 0 Å². The predicted molar refractivity (Wildman–Crippen MR) is 77.7 cm³/mol. The van der Waals surface area contributed by atoms with Crippen LogP contribution in [0, 0.1) is 12.3 Å².